The van der Waals surface area contributed by atoms with E-state index in [2.05, 4.69) is 5.32 Å². The predicted molar refractivity (Wildman–Crippen MR) is 133 cm³/mol. The summed E-state index contributed by atoms with van der Waals surface area (Å²) in [4.78, 5) is 52.1. The van der Waals surface area contributed by atoms with Gasteiger partial charge in [0.25, 0.3) is 11.6 Å². The average molecular weight is 531 g/mol. The molecular formula is C26H28F2N4O6. The Bertz CT molecular complexity index is 1300. The van der Waals surface area contributed by atoms with E-state index in [1.807, 2.05) is 0 Å². The highest BCUT2D eigenvalue weighted by Gasteiger charge is 2.39. The van der Waals surface area contributed by atoms with Gasteiger partial charge in [-0.3, -0.25) is 14.9 Å². The molecule has 10 nitrogen and oxygen atoms in total. The number of ether oxygens (including phenoxy) is 1. The fourth-order valence-electron chi connectivity index (χ4n) is 4.16. The maximum absolute atomic E-state index is 14.1. The molecule has 38 heavy (non-hydrogen) atoms. The Morgan fingerprint density at radius 1 is 1.21 bits per heavy atom. The Morgan fingerprint density at radius 2 is 1.89 bits per heavy atom. The van der Waals surface area contributed by atoms with Crippen molar-refractivity contribution in [3.8, 4) is 0 Å². The lowest BCUT2D eigenvalue weighted by Gasteiger charge is -2.38. The molecule has 1 aliphatic heterocycles. The molecule has 0 saturated heterocycles. The van der Waals surface area contributed by atoms with Gasteiger partial charge >= 0.3 is 12.0 Å². The maximum Gasteiger partial charge on any atom is 0.338 e. The van der Waals surface area contributed by atoms with Gasteiger partial charge in [-0.2, -0.15) is 0 Å². The van der Waals surface area contributed by atoms with Crippen molar-refractivity contribution in [2.75, 3.05) is 20.1 Å². The molecular weight excluding hydrogens is 502 g/mol. The maximum atomic E-state index is 14.1. The number of hydrogen-bond donors (Lipinski definition) is 1. The topological polar surface area (TPSA) is 122 Å². The Kier molecular flexibility index (Phi) is 8.76. The highest BCUT2D eigenvalue weighted by molar-refractivity contribution is 5.95. The largest absolute Gasteiger partial charge is 0.459 e. The van der Waals surface area contributed by atoms with E-state index in [9.17, 15) is 33.3 Å². The number of esters is 1. The van der Waals surface area contributed by atoms with Gasteiger partial charge in [0.15, 0.2) is 11.6 Å². The number of nitrogens with one attached hydrogen (secondary N) is 1. The number of nitro benzene ring substituents is 1. The van der Waals surface area contributed by atoms with Crippen molar-refractivity contribution >= 4 is 23.6 Å². The van der Waals surface area contributed by atoms with Crippen LogP contribution in [0.4, 0.5) is 19.3 Å². The predicted octanol–water partition coefficient (Wildman–Crippen LogP) is 4.33. The summed E-state index contributed by atoms with van der Waals surface area (Å²) in [5.41, 5.74) is 0.0581. The minimum atomic E-state index is -1.25. The van der Waals surface area contributed by atoms with Crippen molar-refractivity contribution in [1.29, 1.82) is 0 Å². The number of amides is 3. The van der Waals surface area contributed by atoms with Crippen LogP contribution in [0, 0.1) is 21.7 Å². The van der Waals surface area contributed by atoms with Gasteiger partial charge in [0.1, 0.15) is 0 Å². The molecule has 0 saturated carbocycles. The SMILES string of the molecule is CC1=C(C(=O)OC(C)C)C(c2cccc([N+](=O)[O-])c2)N(CCCN(C)C(=O)c2cccc(F)c2F)C(=O)N1. The Hall–Kier alpha value is -4.35. The first-order chi connectivity index (χ1) is 17.9. The number of carbonyl (C=O) groups excluding carboxylic acids is 3. The quantitative estimate of drug-likeness (QED) is 0.293. The van der Waals surface area contributed by atoms with Crippen molar-refractivity contribution in [2.24, 2.45) is 0 Å². The molecule has 0 radical (unpaired) electrons. The molecule has 3 rings (SSSR count). The monoisotopic (exact) mass is 530 g/mol. The van der Waals surface area contributed by atoms with Crippen molar-refractivity contribution in [3.63, 3.8) is 0 Å². The van der Waals surface area contributed by atoms with Crippen LogP contribution in [0.3, 0.4) is 0 Å². The smallest absolute Gasteiger partial charge is 0.338 e. The molecule has 0 aliphatic carbocycles. The molecule has 2 aromatic carbocycles. The van der Waals surface area contributed by atoms with Crippen LogP contribution in [0.1, 0.15) is 49.2 Å². The zero-order chi connectivity index (χ0) is 28.1. The summed E-state index contributed by atoms with van der Waals surface area (Å²) < 4.78 is 33.0. The third kappa shape index (κ3) is 6.13. The third-order valence-electron chi connectivity index (χ3n) is 5.93. The minimum absolute atomic E-state index is 0.0220. The van der Waals surface area contributed by atoms with E-state index in [4.69, 9.17) is 4.74 Å². The van der Waals surface area contributed by atoms with Crippen LogP contribution >= 0.6 is 0 Å². The van der Waals surface area contributed by atoms with Crippen molar-refractivity contribution in [1.82, 2.24) is 15.1 Å². The van der Waals surface area contributed by atoms with Gasteiger partial charge in [-0.15, -0.1) is 0 Å². The van der Waals surface area contributed by atoms with E-state index in [1.54, 1.807) is 19.9 Å². The zero-order valence-corrected chi connectivity index (χ0v) is 21.4. The second-order valence-electron chi connectivity index (χ2n) is 9.05. The number of benzene rings is 2. The third-order valence-corrected chi connectivity index (χ3v) is 5.93. The Balaban J connectivity index is 1.88. The van der Waals surface area contributed by atoms with Gasteiger partial charge in [0.05, 0.1) is 28.2 Å². The van der Waals surface area contributed by atoms with E-state index in [1.165, 1.54) is 54.1 Å². The molecule has 1 aliphatic rings. The number of hydrogen-bond acceptors (Lipinski definition) is 6. The van der Waals surface area contributed by atoms with Crippen LogP contribution in [-0.2, 0) is 9.53 Å². The lowest BCUT2D eigenvalue weighted by Crippen LogP contribution is -2.49. The Labute approximate surface area is 218 Å². The van der Waals surface area contributed by atoms with Gasteiger partial charge in [0.2, 0.25) is 0 Å². The van der Waals surface area contributed by atoms with Crippen molar-refractivity contribution in [3.05, 3.63) is 86.6 Å². The molecule has 202 valence electrons. The molecule has 1 heterocycles. The minimum Gasteiger partial charge on any atom is -0.459 e. The van der Waals surface area contributed by atoms with E-state index in [-0.39, 0.29) is 36.5 Å². The van der Waals surface area contributed by atoms with Gasteiger partial charge in [-0.25, -0.2) is 18.4 Å². The summed E-state index contributed by atoms with van der Waals surface area (Å²) in [6.07, 6.45) is -0.258. The molecule has 0 fully saturated rings. The fraction of sp³-hybridized carbons (Fsp3) is 0.346. The highest BCUT2D eigenvalue weighted by atomic mass is 19.2. The Morgan fingerprint density at radius 3 is 2.55 bits per heavy atom. The first-order valence-corrected chi connectivity index (χ1v) is 11.9. The van der Waals surface area contributed by atoms with Gasteiger partial charge in [0, 0.05) is 38.0 Å². The normalized spacial score (nSPS) is 15.4. The second-order valence-corrected chi connectivity index (χ2v) is 9.05. The van der Waals surface area contributed by atoms with E-state index >= 15 is 0 Å². The van der Waals surface area contributed by atoms with Gasteiger partial charge < -0.3 is 19.9 Å². The number of nitrogens with zero attached hydrogens (tertiary/aromatic N) is 3. The number of urea groups is 1. The van der Waals surface area contributed by atoms with Crippen LogP contribution in [0.15, 0.2) is 53.7 Å². The van der Waals surface area contributed by atoms with Gasteiger partial charge in [-0.1, -0.05) is 18.2 Å². The van der Waals surface area contributed by atoms with E-state index in [0.717, 1.165) is 6.07 Å². The van der Waals surface area contributed by atoms with Crippen LogP contribution in [0.2, 0.25) is 0 Å². The van der Waals surface area contributed by atoms with Crippen LogP contribution in [0.25, 0.3) is 0 Å². The summed E-state index contributed by atoms with van der Waals surface area (Å²) in [6.45, 7) is 4.96. The van der Waals surface area contributed by atoms with E-state index < -0.39 is 52.2 Å². The number of carbonyl (C=O) groups is 3. The number of allylic oxidation sites excluding steroid dienone is 1. The fourth-order valence-corrected chi connectivity index (χ4v) is 4.16. The summed E-state index contributed by atoms with van der Waals surface area (Å²) >= 11 is 0. The molecule has 12 heteroatoms. The van der Waals surface area contributed by atoms with E-state index in [0.29, 0.717) is 5.56 Å². The first-order valence-electron chi connectivity index (χ1n) is 11.9. The molecule has 0 aromatic heterocycles. The highest BCUT2D eigenvalue weighted by Crippen LogP contribution is 2.36. The number of halogens is 2. The number of non-ortho nitro benzene ring substituents is 1. The molecule has 3 amide bonds. The summed E-state index contributed by atoms with van der Waals surface area (Å²) in [7, 11) is 1.41. The molecule has 1 N–H and O–H groups in total. The lowest BCUT2D eigenvalue weighted by molar-refractivity contribution is -0.384. The summed E-state index contributed by atoms with van der Waals surface area (Å²) in [6, 6.07) is 7.37. The van der Waals surface area contributed by atoms with Crippen molar-refractivity contribution < 1.29 is 32.8 Å². The van der Waals surface area contributed by atoms with Crippen LogP contribution < -0.4 is 5.32 Å². The summed E-state index contributed by atoms with van der Waals surface area (Å²) in [5, 5.41) is 14.0. The van der Waals surface area contributed by atoms with Crippen molar-refractivity contribution in [2.45, 2.75) is 39.3 Å². The second kappa shape index (κ2) is 11.8. The zero-order valence-electron chi connectivity index (χ0n) is 21.4. The molecule has 0 bridgehead atoms. The summed E-state index contributed by atoms with van der Waals surface area (Å²) in [5.74, 6) is -3.82. The number of rotatable bonds is 9. The molecule has 1 unspecified atom stereocenters. The molecule has 2 aromatic rings. The number of nitro groups is 1. The molecule has 0 spiro atoms. The average Bonchev–Trinajstić information content (AvgIpc) is 2.85. The molecule has 1 atom stereocenters. The standard InChI is InChI=1S/C26H28F2N4O6/c1-15(2)38-25(34)21-16(3)29-26(35)31(23(21)17-8-5-9-18(14-17)32(36)37)13-7-12-30(4)24(33)19-10-6-11-20(27)22(19)28/h5-6,8-11,14-15,23H,7,12-13H2,1-4H3,(H,29,35). The van der Waals surface area contributed by atoms with Crippen LogP contribution in [0.5, 0.6) is 0 Å². The van der Waals surface area contributed by atoms with Gasteiger partial charge in [-0.05, 0) is 44.9 Å². The van der Waals surface area contributed by atoms with Crippen LogP contribution in [-0.4, -0.2) is 58.9 Å². The lowest BCUT2D eigenvalue weighted by atomic mass is 9.93. The first kappa shape index (κ1) is 28.2.